The van der Waals surface area contributed by atoms with Crippen molar-refractivity contribution in [3.05, 3.63) is 187 Å². The molecule has 9 aromatic carbocycles. The molecule has 0 aliphatic heterocycles. The quantitative estimate of drug-likeness (QED) is 0.172. The molecule has 1 aliphatic carbocycles. The average molecular weight is 678 g/mol. The number of nitrogens with zero attached hydrogens (tertiary/aromatic N) is 1. The van der Waals surface area contributed by atoms with Gasteiger partial charge < -0.3 is 9.32 Å². The minimum Gasteiger partial charge on any atom is -0.453 e. The van der Waals surface area contributed by atoms with E-state index in [-0.39, 0.29) is 5.41 Å². The number of anilines is 3. The molecule has 10 aromatic rings. The van der Waals surface area contributed by atoms with Crippen molar-refractivity contribution in [2.45, 2.75) is 19.3 Å². The number of hydrogen-bond donors (Lipinski definition) is 0. The maximum Gasteiger partial charge on any atom is 0.159 e. The molecule has 0 N–H and O–H groups in total. The van der Waals surface area contributed by atoms with E-state index in [0.717, 1.165) is 44.4 Å². The van der Waals surface area contributed by atoms with Crippen molar-refractivity contribution in [3.8, 4) is 22.3 Å². The van der Waals surface area contributed by atoms with Crippen LogP contribution >= 0.6 is 0 Å². The summed E-state index contributed by atoms with van der Waals surface area (Å²) in [6.45, 7) is 4.69. The summed E-state index contributed by atoms with van der Waals surface area (Å²) in [5.74, 6) is 0. The van der Waals surface area contributed by atoms with Gasteiger partial charge in [-0.05, 0) is 91.1 Å². The van der Waals surface area contributed by atoms with Gasteiger partial charge in [0.25, 0.3) is 0 Å². The smallest absolute Gasteiger partial charge is 0.159 e. The first kappa shape index (κ1) is 30.0. The van der Waals surface area contributed by atoms with Crippen LogP contribution in [0.2, 0.25) is 0 Å². The fraction of sp³-hybridized carbons (Fsp3) is 0.0588. The molecule has 0 bridgehead atoms. The van der Waals surface area contributed by atoms with E-state index < -0.39 is 0 Å². The van der Waals surface area contributed by atoms with Crippen molar-refractivity contribution in [2.24, 2.45) is 0 Å². The molecule has 0 unspecified atom stereocenters. The number of hydrogen-bond acceptors (Lipinski definition) is 2. The van der Waals surface area contributed by atoms with Gasteiger partial charge in [0.2, 0.25) is 0 Å². The molecular formula is C51H35NO. The maximum absolute atomic E-state index is 6.99. The van der Waals surface area contributed by atoms with E-state index in [0.29, 0.717) is 0 Å². The Hall–Kier alpha value is -6.64. The zero-order valence-electron chi connectivity index (χ0n) is 29.6. The molecule has 2 nitrogen and oxygen atoms in total. The van der Waals surface area contributed by atoms with Gasteiger partial charge in [0.15, 0.2) is 5.58 Å². The topological polar surface area (TPSA) is 16.4 Å². The van der Waals surface area contributed by atoms with E-state index in [1.54, 1.807) is 0 Å². The van der Waals surface area contributed by atoms with Crippen molar-refractivity contribution >= 4 is 71.3 Å². The first-order valence-corrected chi connectivity index (χ1v) is 18.4. The molecule has 0 radical (unpaired) electrons. The standard InChI is InChI=1S/C51H35NO/c1-51(2)44-21-10-9-19-42(44)48-45(51)22-12-23-46(48)52(47-24-11-20-40-41-30-27-32-13-3-6-16-37(32)49(41)53-50(40)47)35-28-25-33(26-29-35)43-31-34-14-4-5-15-36(34)38-17-7-8-18-39(38)43/h3-31H,1-2H3. The van der Waals surface area contributed by atoms with Crippen LogP contribution in [0.15, 0.2) is 180 Å². The lowest BCUT2D eigenvalue weighted by atomic mass is 9.82. The molecule has 1 aliphatic rings. The van der Waals surface area contributed by atoms with E-state index >= 15 is 0 Å². The van der Waals surface area contributed by atoms with Crippen LogP contribution in [0.4, 0.5) is 17.1 Å². The van der Waals surface area contributed by atoms with Gasteiger partial charge >= 0.3 is 0 Å². The number of furan rings is 1. The number of para-hydroxylation sites is 1. The van der Waals surface area contributed by atoms with Crippen molar-refractivity contribution in [1.82, 2.24) is 0 Å². The number of fused-ring (bicyclic) bond motifs is 11. The second kappa shape index (κ2) is 11.2. The predicted octanol–water partition coefficient (Wildman–Crippen LogP) is 14.5. The third-order valence-electron chi connectivity index (χ3n) is 11.6. The van der Waals surface area contributed by atoms with Crippen LogP contribution in [0, 0.1) is 0 Å². The third-order valence-corrected chi connectivity index (χ3v) is 11.6. The average Bonchev–Trinajstić information content (AvgIpc) is 3.71. The van der Waals surface area contributed by atoms with Crippen LogP contribution in [0.3, 0.4) is 0 Å². The summed E-state index contributed by atoms with van der Waals surface area (Å²) in [7, 11) is 0. The molecule has 1 aromatic heterocycles. The summed E-state index contributed by atoms with van der Waals surface area (Å²) in [5, 5.41) is 9.60. The fourth-order valence-corrected chi connectivity index (χ4v) is 9.10. The van der Waals surface area contributed by atoms with Crippen LogP contribution in [0.5, 0.6) is 0 Å². The van der Waals surface area contributed by atoms with Gasteiger partial charge in [-0.25, -0.2) is 0 Å². The van der Waals surface area contributed by atoms with Crippen LogP contribution in [-0.2, 0) is 5.41 Å². The van der Waals surface area contributed by atoms with Crippen molar-refractivity contribution in [1.29, 1.82) is 0 Å². The highest BCUT2D eigenvalue weighted by molar-refractivity contribution is 6.18. The normalized spacial score (nSPS) is 13.2. The zero-order valence-corrected chi connectivity index (χ0v) is 29.6. The molecule has 250 valence electrons. The van der Waals surface area contributed by atoms with Gasteiger partial charge in [-0.15, -0.1) is 0 Å². The van der Waals surface area contributed by atoms with Gasteiger partial charge in [0, 0.05) is 32.8 Å². The maximum atomic E-state index is 6.99. The molecule has 1 heterocycles. The van der Waals surface area contributed by atoms with Gasteiger partial charge in [0.1, 0.15) is 5.58 Å². The van der Waals surface area contributed by atoms with E-state index in [9.17, 15) is 0 Å². The van der Waals surface area contributed by atoms with Crippen LogP contribution in [-0.4, -0.2) is 0 Å². The lowest BCUT2D eigenvalue weighted by molar-refractivity contribution is 0.660. The van der Waals surface area contributed by atoms with Crippen molar-refractivity contribution in [3.63, 3.8) is 0 Å². The zero-order chi connectivity index (χ0) is 35.3. The van der Waals surface area contributed by atoms with Gasteiger partial charge in [-0.3, -0.25) is 0 Å². The minimum atomic E-state index is -0.126. The van der Waals surface area contributed by atoms with E-state index in [4.69, 9.17) is 4.42 Å². The third kappa shape index (κ3) is 4.33. The van der Waals surface area contributed by atoms with Gasteiger partial charge in [-0.1, -0.05) is 153 Å². The largest absolute Gasteiger partial charge is 0.453 e. The van der Waals surface area contributed by atoms with Crippen LogP contribution in [0.25, 0.3) is 76.5 Å². The summed E-state index contributed by atoms with van der Waals surface area (Å²) in [4.78, 5) is 2.42. The van der Waals surface area contributed by atoms with Crippen LogP contribution in [0.1, 0.15) is 25.0 Å². The van der Waals surface area contributed by atoms with E-state index in [1.807, 2.05) is 0 Å². The Kier molecular flexibility index (Phi) is 6.33. The van der Waals surface area contributed by atoms with Gasteiger partial charge in [0.05, 0.1) is 11.4 Å². The van der Waals surface area contributed by atoms with E-state index in [1.165, 1.54) is 60.3 Å². The highest BCUT2D eigenvalue weighted by atomic mass is 16.3. The van der Waals surface area contributed by atoms with E-state index in [2.05, 4.69) is 195 Å². The number of benzene rings is 9. The summed E-state index contributed by atoms with van der Waals surface area (Å²) in [5.41, 5.74) is 12.6. The first-order valence-electron chi connectivity index (χ1n) is 18.4. The highest BCUT2D eigenvalue weighted by Gasteiger charge is 2.38. The summed E-state index contributed by atoms with van der Waals surface area (Å²) in [6, 6.07) is 64.1. The van der Waals surface area contributed by atoms with Crippen LogP contribution < -0.4 is 4.90 Å². The Morgan fingerprint density at radius 3 is 1.89 bits per heavy atom. The summed E-state index contributed by atoms with van der Waals surface area (Å²) in [6.07, 6.45) is 0. The Balaban J connectivity index is 1.17. The van der Waals surface area contributed by atoms with Crippen molar-refractivity contribution in [2.75, 3.05) is 4.90 Å². The lowest BCUT2D eigenvalue weighted by Crippen LogP contribution is -2.16. The Morgan fingerprint density at radius 1 is 0.415 bits per heavy atom. The van der Waals surface area contributed by atoms with Crippen molar-refractivity contribution < 1.29 is 4.42 Å². The molecule has 0 fully saturated rings. The molecular weight excluding hydrogens is 643 g/mol. The molecule has 0 atom stereocenters. The molecule has 2 heteroatoms. The first-order chi connectivity index (χ1) is 26.1. The SMILES string of the molecule is CC1(C)c2ccccc2-c2c(N(c3ccc(-c4cc5ccccc5c5ccccc45)cc3)c3cccc4c3oc3c5ccccc5ccc43)cccc21. The number of rotatable bonds is 4. The minimum absolute atomic E-state index is 0.126. The summed E-state index contributed by atoms with van der Waals surface area (Å²) >= 11 is 0. The lowest BCUT2D eigenvalue weighted by Gasteiger charge is -2.29. The second-order valence-corrected chi connectivity index (χ2v) is 14.9. The molecule has 11 rings (SSSR count). The molecule has 0 spiro atoms. The molecule has 0 saturated carbocycles. The highest BCUT2D eigenvalue weighted by Crippen LogP contribution is 2.55. The molecule has 53 heavy (non-hydrogen) atoms. The monoisotopic (exact) mass is 677 g/mol. The summed E-state index contributed by atoms with van der Waals surface area (Å²) < 4.78 is 6.99. The predicted molar refractivity (Wildman–Crippen MR) is 224 cm³/mol. The van der Waals surface area contributed by atoms with Gasteiger partial charge in [-0.2, -0.15) is 0 Å². The molecule has 0 saturated heterocycles. The fourth-order valence-electron chi connectivity index (χ4n) is 9.10. The molecule has 0 amide bonds. The Morgan fingerprint density at radius 2 is 1.04 bits per heavy atom. The Bertz CT molecular complexity index is 3090. The second-order valence-electron chi connectivity index (χ2n) is 14.9. The Labute approximate surface area is 308 Å².